The highest BCUT2D eigenvalue weighted by Gasteiger charge is 2.24. The first-order valence-electron chi connectivity index (χ1n) is 10.2. The molecule has 2 aromatic rings. The Morgan fingerprint density at radius 1 is 1.25 bits per heavy atom. The largest absolute Gasteiger partial charge is 0.351 e. The van der Waals surface area contributed by atoms with E-state index in [1.807, 2.05) is 51.0 Å². The third-order valence-electron chi connectivity index (χ3n) is 6.12. The van der Waals surface area contributed by atoms with Crippen LogP contribution in [0.3, 0.4) is 0 Å². The summed E-state index contributed by atoms with van der Waals surface area (Å²) in [5, 5.41) is 0. The first kappa shape index (κ1) is 20.6. The van der Waals surface area contributed by atoms with Gasteiger partial charge >= 0.3 is 0 Å². The van der Waals surface area contributed by atoms with E-state index >= 15 is 0 Å². The maximum absolute atomic E-state index is 13.0. The summed E-state index contributed by atoms with van der Waals surface area (Å²) in [6, 6.07) is 8.79. The Morgan fingerprint density at radius 2 is 1.96 bits per heavy atom. The van der Waals surface area contributed by atoms with E-state index in [0.29, 0.717) is 5.92 Å². The molecule has 152 valence electrons. The van der Waals surface area contributed by atoms with Gasteiger partial charge in [0.2, 0.25) is 0 Å². The van der Waals surface area contributed by atoms with Gasteiger partial charge in [0.25, 0.3) is 5.91 Å². The monoisotopic (exact) mass is 385 g/mol. The van der Waals surface area contributed by atoms with E-state index in [1.165, 1.54) is 24.1 Å². The van der Waals surface area contributed by atoms with Gasteiger partial charge < -0.3 is 14.4 Å². The van der Waals surface area contributed by atoms with Crippen molar-refractivity contribution in [1.82, 2.24) is 14.4 Å². The second-order valence-corrected chi connectivity index (χ2v) is 8.21. The number of piperidine rings is 1. The summed E-state index contributed by atoms with van der Waals surface area (Å²) in [6.07, 6.45) is 3.27. The number of hydrogen-bond acceptors (Lipinski definition) is 2. The number of carbonyl (C=O) groups excluding carboxylic acids is 1. The Morgan fingerprint density at radius 3 is 2.61 bits per heavy atom. The van der Waals surface area contributed by atoms with Crippen molar-refractivity contribution in [2.75, 3.05) is 33.2 Å². The van der Waals surface area contributed by atoms with Crippen LogP contribution in [0.15, 0.2) is 30.3 Å². The van der Waals surface area contributed by atoms with Gasteiger partial charge in [-0.2, -0.15) is 0 Å². The third-order valence-corrected chi connectivity index (χ3v) is 6.12. The molecule has 1 aromatic carbocycles. The lowest BCUT2D eigenvalue weighted by Crippen LogP contribution is -2.42. The van der Waals surface area contributed by atoms with Crippen LogP contribution < -0.4 is 0 Å². The number of carbonyl (C=O) groups is 1. The van der Waals surface area contributed by atoms with Crippen LogP contribution in [-0.2, 0) is 13.5 Å². The molecule has 0 bridgehead atoms. The van der Waals surface area contributed by atoms with Crippen LogP contribution in [-0.4, -0.2) is 53.5 Å². The molecule has 1 aromatic heterocycles. The lowest BCUT2D eigenvalue weighted by molar-refractivity contribution is 0.0729. The van der Waals surface area contributed by atoms with Crippen LogP contribution in [0.5, 0.6) is 0 Å². The highest BCUT2D eigenvalue weighted by molar-refractivity contribution is 5.95. The zero-order valence-corrected chi connectivity index (χ0v) is 17.5. The molecule has 0 unspecified atom stereocenters. The minimum atomic E-state index is -0.182. The molecule has 0 radical (unpaired) electrons. The number of likely N-dealkylation sites (tertiary alicyclic amines) is 1. The van der Waals surface area contributed by atoms with Crippen LogP contribution >= 0.6 is 0 Å². The summed E-state index contributed by atoms with van der Waals surface area (Å²) < 4.78 is 15.1. The summed E-state index contributed by atoms with van der Waals surface area (Å²) in [5.41, 5.74) is 4.12. The molecule has 28 heavy (non-hydrogen) atoms. The van der Waals surface area contributed by atoms with E-state index in [4.69, 9.17) is 0 Å². The number of benzene rings is 1. The average molecular weight is 386 g/mol. The van der Waals surface area contributed by atoms with Crippen molar-refractivity contribution in [1.29, 1.82) is 0 Å². The van der Waals surface area contributed by atoms with E-state index in [-0.39, 0.29) is 11.7 Å². The van der Waals surface area contributed by atoms with Crippen LogP contribution in [0.4, 0.5) is 4.39 Å². The van der Waals surface area contributed by atoms with Crippen molar-refractivity contribution in [3.05, 3.63) is 58.7 Å². The molecule has 1 aliphatic rings. The van der Waals surface area contributed by atoms with Crippen LogP contribution in [0.1, 0.15) is 40.2 Å². The minimum absolute atomic E-state index is 0.115. The smallest absolute Gasteiger partial charge is 0.255 e. The second-order valence-electron chi connectivity index (χ2n) is 8.21. The summed E-state index contributed by atoms with van der Waals surface area (Å²) in [7, 11) is 3.92. The normalized spacial score (nSPS) is 17.7. The van der Waals surface area contributed by atoms with Crippen molar-refractivity contribution < 1.29 is 9.18 Å². The molecular weight excluding hydrogens is 353 g/mol. The fraction of sp³-hybridized carbons (Fsp3) is 0.522. The Labute approximate surface area is 167 Å². The predicted molar refractivity (Wildman–Crippen MR) is 111 cm³/mol. The van der Waals surface area contributed by atoms with Crippen molar-refractivity contribution in [3.8, 4) is 0 Å². The van der Waals surface area contributed by atoms with E-state index in [0.717, 1.165) is 56.0 Å². The zero-order chi connectivity index (χ0) is 20.3. The highest BCUT2D eigenvalue weighted by atomic mass is 19.1. The number of halogens is 1. The second kappa shape index (κ2) is 8.91. The molecule has 3 rings (SSSR count). The minimum Gasteiger partial charge on any atom is -0.351 e. The number of rotatable bonds is 6. The number of amides is 1. The Balaban J connectivity index is 1.53. The maximum Gasteiger partial charge on any atom is 0.255 e. The van der Waals surface area contributed by atoms with Crippen molar-refractivity contribution in [3.63, 3.8) is 0 Å². The number of aromatic nitrogens is 1. The highest BCUT2D eigenvalue weighted by Crippen LogP contribution is 2.20. The molecule has 1 aliphatic heterocycles. The van der Waals surface area contributed by atoms with Gasteiger partial charge in [-0.3, -0.25) is 4.79 Å². The van der Waals surface area contributed by atoms with Gasteiger partial charge in [0.1, 0.15) is 5.82 Å². The molecule has 1 saturated heterocycles. The van der Waals surface area contributed by atoms with Gasteiger partial charge in [-0.1, -0.05) is 12.1 Å². The molecule has 4 nitrogen and oxygen atoms in total. The summed E-state index contributed by atoms with van der Waals surface area (Å²) in [5.74, 6) is 0.434. The lowest BCUT2D eigenvalue weighted by atomic mass is 9.96. The summed E-state index contributed by atoms with van der Waals surface area (Å²) >= 11 is 0. The number of nitrogens with zero attached hydrogens (tertiary/aromatic N) is 3. The van der Waals surface area contributed by atoms with Gasteiger partial charge in [0, 0.05) is 45.1 Å². The molecule has 2 heterocycles. The molecule has 0 spiro atoms. The Bertz CT molecular complexity index is 812. The van der Waals surface area contributed by atoms with Crippen LogP contribution in [0.25, 0.3) is 0 Å². The molecule has 1 amide bonds. The first-order chi connectivity index (χ1) is 13.3. The molecule has 0 N–H and O–H groups in total. The number of hydrogen-bond donors (Lipinski definition) is 0. The Hall–Kier alpha value is -2.14. The van der Waals surface area contributed by atoms with E-state index in [2.05, 4.69) is 9.47 Å². The van der Waals surface area contributed by atoms with Crippen molar-refractivity contribution in [2.24, 2.45) is 13.0 Å². The molecule has 1 atom stereocenters. The van der Waals surface area contributed by atoms with E-state index in [9.17, 15) is 9.18 Å². The van der Waals surface area contributed by atoms with E-state index < -0.39 is 0 Å². The SMILES string of the molecule is Cc1cc(C(=O)N(C)C[C@@H]2CCCN(CCc3ccc(F)cc3)C2)c(C)n1C. The van der Waals surface area contributed by atoms with Gasteiger partial charge in [-0.05, 0) is 69.3 Å². The summed E-state index contributed by atoms with van der Waals surface area (Å²) in [6.45, 7) is 7.93. The quantitative estimate of drug-likeness (QED) is 0.757. The molecule has 5 heteroatoms. The summed E-state index contributed by atoms with van der Waals surface area (Å²) in [4.78, 5) is 17.3. The number of aryl methyl sites for hydroxylation is 1. The fourth-order valence-electron chi connectivity index (χ4n) is 4.19. The van der Waals surface area contributed by atoms with E-state index in [1.54, 1.807) is 0 Å². The fourth-order valence-corrected chi connectivity index (χ4v) is 4.19. The zero-order valence-electron chi connectivity index (χ0n) is 17.5. The predicted octanol–water partition coefficient (Wildman–Crippen LogP) is 3.81. The van der Waals surface area contributed by atoms with Gasteiger partial charge in [0.15, 0.2) is 0 Å². The molecule has 0 saturated carbocycles. The van der Waals surface area contributed by atoms with Crippen LogP contribution in [0.2, 0.25) is 0 Å². The average Bonchev–Trinajstić information content (AvgIpc) is 2.94. The van der Waals surface area contributed by atoms with Crippen LogP contribution in [0, 0.1) is 25.6 Å². The topological polar surface area (TPSA) is 28.5 Å². The van der Waals surface area contributed by atoms with Crippen molar-refractivity contribution >= 4 is 5.91 Å². The third kappa shape index (κ3) is 4.82. The van der Waals surface area contributed by atoms with Gasteiger partial charge in [0.05, 0.1) is 5.56 Å². The first-order valence-corrected chi connectivity index (χ1v) is 10.2. The molecule has 0 aliphatic carbocycles. The van der Waals surface area contributed by atoms with Gasteiger partial charge in [-0.15, -0.1) is 0 Å². The maximum atomic E-state index is 13.0. The molecular formula is C23H32FN3O. The Kier molecular flexibility index (Phi) is 6.55. The van der Waals surface area contributed by atoms with Crippen molar-refractivity contribution in [2.45, 2.75) is 33.1 Å². The standard InChI is InChI=1S/C23H32FN3O/c1-17-14-22(18(2)26(17)4)23(28)25(3)15-20-6-5-12-27(16-20)13-11-19-7-9-21(24)10-8-19/h7-10,14,20H,5-6,11-13,15-16H2,1-4H3/t20-/m0/s1. The molecule has 1 fully saturated rings. The van der Waals surface area contributed by atoms with Gasteiger partial charge in [-0.25, -0.2) is 4.39 Å². The lowest BCUT2D eigenvalue weighted by Gasteiger charge is -2.34.